The number of hydrogen-bond acceptors (Lipinski definition) is 6. The Hall–Kier alpha value is -3.99. The number of aromatic nitrogens is 1. The van der Waals surface area contributed by atoms with E-state index < -0.39 is 35.5 Å². The molecule has 0 spiro atoms. The molecule has 0 saturated carbocycles. The minimum Gasteiger partial charge on any atom is -0.361 e. The number of piperazine rings is 1. The van der Waals surface area contributed by atoms with Crippen LogP contribution in [0.3, 0.4) is 0 Å². The molecule has 7 rings (SSSR count). The number of benzene rings is 2. The third-order valence-corrected chi connectivity index (χ3v) is 9.66. The van der Waals surface area contributed by atoms with Crippen molar-refractivity contribution in [3.63, 3.8) is 0 Å². The normalized spacial score (nSPS) is 31.5. The van der Waals surface area contributed by atoms with Gasteiger partial charge in [0, 0.05) is 29.7 Å². The maximum Gasteiger partial charge on any atom is 0.280 e. The first kappa shape index (κ1) is 28.8. The van der Waals surface area contributed by atoms with Crippen LogP contribution in [0.2, 0.25) is 0 Å². The highest BCUT2D eigenvalue weighted by molar-refractivity contribution is 6.00. The molecule has 0 unspecified atom stereocenters. The minimum atomic E-state index is -2.15. The molecule has 2 fully saturated rings. The van der Waals surface area contributed by atoms with Gasteiger partial charge in [0.2, 0.25) is 17.5 Å². The van der Waals surface area contributed by atoms with E-state index in [1.165, 1.54) is 17.9 Å². The number of rotatable bonds is 6. The molecule has 3 amide bonds. The summed E-state index contributed by atoms with van der Waals surface area (Å²) < 4.78 is 6.22. The Balaban J connectivity index is 1.20. The van der Waals surface area contributed by atoms with E-state index >= 15 is 0 Å². The van der Waals surface area contributed by atoms with Crippen molar-refractivity contribution in [1.29, 1.82) is 0 Å². The van der Waals surface area contributed by atoms with E-state index in [0.29, 0.717) is 13.0 Å². The van der Waals surface area contributed by atoms with Crippen molar-refractivity contribution in [3.8, 4) is 0 Å². The molecule has 2 aromatic carbocycles. The van der Waals surface area contributed by atoms with E-state index in [-0.39, 0.29) is 30.2 Å². The summed E-state index contributed by atoms with van der Waals surface area (Å²) in [6, 6.07) is 13.8. The van der Waals surface area contributed by atoms with Crippen LogP contribution in [0, 0.1) is 11.8 Å². The van der Waals surface area contributed by atoms with Crippen LogP contribution < -0.4 is 10.6 Å². The number of nitrogens with zero attached hydrogens (tertiary/aromatic N) is 2. The maximum absolute atomic E-state index is 14.2. The number of carbonyl (C=O) groups is 3. The molecule has 0 bridgehead atoms. The molecular formula is C34H39N5O5. The highest BCUT2D eigenvalue weighted by Crippen LogP contribution is 2.43. The van der Waals surface area contributed by atoms with Gasteiger partial charge >= 0.3 is 0 Å². The van der Waals surface area contributed by atoms with Crippen molar-refractivity contribution < 1.29 is 24.2 Å². The van der Waals surface area contributed by atoms with E-state index in [1.54, 1.807) is 0 Å². The van der Waals surface area contributed by atoms with E-state index in [0.717, 1.165) is 33.5 Å². The van der Waals surface area contributed by atoms with Crippen LogP contribution in [-0.4, -0.2) is 81.0 Å². The Morgan fingerprint density at radius 3 is 2.68 bits per heavy atom. The van der Waals surface area contributed by atoms with Crippen molar-refractivity contribution in [2.45, 2.75) is 69.8 Å². The van der Waals surface area contributed by atoms with Gasteiger partial charge in [-0.1, -0.05) is 62.4 Å². The molecule has 3 aromatic rings. The zero-order valence-electron chi connectivity index (χ0n) is 25.5. The third-order valence-electron chi connectivity index (χ3n) is 9.66. The smallest absolute Gasteiger partial charge is 0.280 e. The second-order valence-corrected chi connectivity index (χ2v) is 13.3. The summed E-state index contributed by atoms with van der Waals surface area (Å²) in [7, 11) is 2.01. The lowest BCUT2D eigenvalue weighted by molar-refractivity contribution is -0.302. The number of ether oxygens (including phenoxy) is 1. The standard InChI is InChI=1S/C34H39N5O5/c1-19(2)13-27-31(41)36-28(14-20-9-6-5-7-10-20)34(43)39(27)32(42)33(3,44-34)37-30(40)22-15-24-23-11-8-12-25-29(23)21(17-35-25)16-26(24)38(4)18-22/h5-12,15,17,19,22,26-28,35,43H,13-14,16,18H2,1-4H3,(H,36,41)(H,37,40)/t22-,26-,27+,28+,33-,34+/m1/s1. The number of amides is 3. The van der Waals surface area contributed by atoms with Gasteiger partial charge in [0.15, 0.2) is 0 Å². The number of carbonyl (C=O) groups excluding carboxylic acids is 3. The summed E-state index contributed by atoms with van der Waals surface area (Å²) in [5, 5.41) is 19.1. The molecule has 1 aliphatic carbocycles. The van der Waals surface area contributed by atoms with Crippen LogP contribution in [0.1, 0.15) is 43.9 Å². The predicted octanol–water partition coefficient (Wildman–Crippen LogP) is 2.53. The second kappa shape index (κ2) is 10.3. The zero-order chi connectivity index (χ0) is 31.0. The summed E-state index contributed by atoms with van der Waals surface area (Å²) in [5.41, 5.74) is 3.51. The van der Waals surface area contributed by atoms with Gasteiger partial charge < -0.3 is 20.7 Å². The van der Waals surface area contributed by atoms with Crippen LogP contribution in [0.4, 0.5) is 0 Å². The van der Waals surface area contributed by atoms with Gasteiger partial charge in [-0.05, 0) is 67.5 Å². The van der Waals surface area contributed by atoms with Gasteiger partial charge in [-0.25, -0.2) is 0 Å². The van der Waals surface area contributed by atoms with Crippen LogP contribution >= 0.6 is 0 Å². The van der Waals surface area contributed by atoms with Gasteiger partial charge in [0.25, 0.3) is 11.8 Å². The van der Waals surface area contributed by atoms with Crippen molar-refractivity contribution in [1.82, 2.24) is 25.4 Å². The van der Waals surface area contributed by atoms with Crippen molar-refractivity contribution in [2.24, 2.45) is 11.8 Å². The molecule has 4 aliphatic rings. The van der Waals surface area contributed by atoms with Crippen molar-refractivity contribution in [2.75, 3.05) is 13.6 Å². The fourth-order valence-corrected chi connectivity index (χ4v) is 7.57. The van der Waals surface area contributed by atoms with E-state index in [2.05, 4.69) is 38.8 Å². The topological polar surface area (TPSA) is 127 Å². The van der Waals surface area contributed by atoms with Crippen LogP contribution in [-0.2, 0) is 32.0 Å². The first-order valence-electron chi connectivity index (χ1n) is 15.4. The summed E-state index contributed by atoms with van der Waals surface area (Å²) in [6.45, 7) is 5.83. The lowest BCUT2D eigenvalue weighted by Gasteiger charge is -2.46. The Morgan fingerprint density at radius 1 is 1.16 bits per heavy atom. The molecule has 3 aliphatic heterocycles. The Kier molecular flexibility index (Phi) is 6.73. The molecule has 4 heterocycles. The molecule has 2 saturated heterocycles. The average Bonchev–Trinajstić information content (AvgIpc) is 3.48. The SMILES string of the molecule is CC(C)C[C@H]1C(=O)N[C@@H](Cc2ccccc2)[C@]2(O)O[C@@](C)(NC(=O)[C@@H]3C=C4c5cccc6[nH]cc(c56)C[C@H]4N(C)C3)C(=O)N12. The Labute approximate surface area is 256 Å². The number of H-pyrrole nitrogens is 1. The summed E-state index contributed by atoms with van der Waals surface area (Å²) in [4.78, 5) is 48.2. The summed E-state index contributed by atoms with van der Waals surface area (Å²) >= 11 is 0. The molecule has 10 nitrogen and oxygen atoms in total. The fourth-order valence-electron chi connectivity index (χ4n) is 7.57. The maximum atomic E-state index is 14.2. The van der Waals surface area contributed by atoms with E-state index in [4.69, 9.17) is 4.74 Å². The Morgan fingerprint density at radius 2 is 1.93 bits per heavy atom. The number of nitrogens with one attached hydrogen (secondary N) is 3. The monoisotopic (exact) mass is 597 g/mol. The van der Waals surface area contributed by atoms with Crippen LogP contribution in [0.25, 0.3) is 16.5 Å². The zero-order valence-corrected chi connectivity index (χ0v) is 25.5. The van der Waals surface area contributed by atoms with Crippen molar-refractivity contribution in [3.05, 3.63) is 77.5 Å². The van der Waals surface area contributed by atoms with Crippen LogP contribution in [0.15, 0.2) is 60.8 Å². The molecule has 44 heavy (non-hydrogen) atoms. The van der Waals surface area contributed by atoms with Crippen molar-refractivity contribution >= 4 is 34.2 Å². The van der Waals surface area contributed by atoms with Gasteiger partial charge in [-0.3, -0.25) is 28.9 Å². The molecule has 4 N–H and O–H groups in total. The second-order valence-electron chi connectivity index (χ2n) is 13.3. The number of fused-ring (bicyclic) bond motifs is 3. The van der Waals surface area contributed by atoms with E-state index in [9.17, 15) is 19.5 Å². The Bertz CT molecular complexity index is 1680. The highest BCUT2D eigenvalue weighted by atomic mass is 16.7. The predicted molar refractivity (Wildman–Crippen MR) is 165 cm³/mol. The summed E-state index contributed by atoms with van der Waals surface area (Å²) in [5.74, 6) is -4.02. The minimum absolute atomic E-state index is 0.0627. The highest BCUT2D eigenvalue weighted by Gasteiger charge is 2.67. The van der Waals surface area contributed by atoms with Gasteiger partial charge in [0.05, 0.1) is 5.92 Å². The molecule has 0 radical (unpaired) electrons. The van der Waals surface area contributed by atoms with Gasteiger partial charge in [-0.15, -0.1) is 0 Å². The van der Waals surface area contributed by atoms with Gasteiger partial charge in [0.1, 0.15) is 12.1 Å². The third kappa shape index (κ3) is 4.46. The lowest BCUT2D eigenvalue weighted by Crippen LogP contribution is -2.72. The number of aromatic amines is 1. The quantitative estimate of drug-likeness (QED) is 0.346. The first-order valence-corrected chi connectivity index (χ1v) is 15.4. The summed E-state index contributed by atoms with van der Waals surface area (Å²) in [6.07, 6.45) is 5.49. The lowest BCUT2D eigenvalue weighted by atomic mass is 9.79. The first-order chi connectivity index (χ1) is 21.0. The fraction of sp³-hybridized carbons (Fsp3) is 0.441. The molecular weight excluding hydrogens is 558 g/mol. The largest absolute Gasteiger partial charge is 0.361 e. The number of likely N-dealkylation sites (N-methyl/N-ethyl adjacent to an activating group) is 1. The molecule has 10 heteroatoms. The number of hydrogen-bond donors (Lipinski definition) is 4. The van der Waals surface area contributed by atoms with E-state index in [1.807, 2.05) is 63.4 Å². The average molecular weight is 598 g/mol. The molecule has 1 aromatic heterocycles. The van der Waals surface area contributed by atoms with Gasteiger partial charge in [-0.2, -0.15) is 0 Å². The van der Waals surface area contributed by atoms with Crippen LogP contribution in [0.5, 0.6) is 0 Å². The number of aliphatic hydroxyl groups is 1. The molecule has 230 valence electrons. The molecule has 6 atom stereocenters.